The van der Waals surface area contributed by atoms with Crippen molar-refractivity contribution in [3.8, 4) is 11.1 Å². The average Bonchev–Trinajstić information content (AvgIpc) is 3.30. The Labute approximate surface area is 202 Å². The number of hydrogen-bond donors (Lipinski definition) is 2. The normalized spacial score (nSPS) is 18.6. The highest BCUT2D eigenvalue weighted by Crippen LogP contribution is 2.44. The van der Waals surface area contributed by atoms with E-state index in [2.05, 4.69) is 5.32 Å². The standard InChI is InChI=1S/C26H28F2N2O5/c1-25(2,12-22(31)30-15-26(27,28)11-21(30)23(32)33)14-29-24(34)35-13-20-18-9-5-3-7-16(18)17-8-4-6-10-19(17)20/h3-10,20-21H,11-15H2,1-2H3,(H,29,34)(H,32,33). The molecule has 2 aromatic rings. The number of ether oxygens (including phenoxy) is 1. The summed E-state index contributed by atoms with van der Waals surface area (Å²) in [6.07, 6.45) is -1.74. The van der Waals surface area contributed by atoms with E-state index in [-0.39, 0.29) is 25.5 Å². The number of likely N-dealkylation sites (tertiary alicyclic amines) is 1. The number of nitrogens with zero attached hydrogens (tertiary/aromatic N) is 1. The number of rotatable bonds is 7. The Hall–Kier alpha value is -3.49. The van der Waals surface area contributed by atoms with Crippen molar-refractivity contribution in [2.24, 2.45) is 5.41 Å². The molecule has 186 valence electrons. The monoisotopic (exact) mass is 486 g/mol. The Bertz CT molecular complexity index is 1100. The number of benzene rings is 2. The first-order valence-electron chi connectivity index (χ1n) is 11.5. The number of alkyl carbamates (subject to hydrolysis) is 1. The first-order chi connectivity index (χ1) is 16.5. The third-order valence-electron chi connectivity index (χ3n) is 6.56. The molecular formula is C26H28F2N2O5. The minimum atomic E-state index is -3.23. The third-order valence-corrected chi connectivity index (χ3v) is 6.56. The van der Waals surface area contributed by atoms with Gasteiger partial charge in [0.05, 0.1) is 6.54 Å². The van der Waals surface area contributed by atoms with Gasteiger partial charge in [0.1, 0.15) is 12.6 Å². The van der Waals surface area contributed by atoms with Crippen LogP contribution in [0.3, 0.4) is 0 Å². The molecule has 0 spiro atoms. The molecule has 1 aliphatic carbocycles. The second kappa shape index (κ2) is 9.28. The Balaban J connectivity index is 1.32. The highest BCUT2D eigenvalue weighted by atomic mass is 19.3. The SMILES string of the molecule is CC(C)(CNC(=O)OCC1c2ccccc2-c2ccccc21)CC(=O)N1CC(F)(F)CC1C(=O)O. The quantitative estimate of drug-likeness (QED) is 0.610. The van der Waals surface area contributed by atoms with E-state index in [4.69, 9.17) is 4.74 Å². The molecule has 7 nitrogen and oxygen atoms in total. The lowest BCUT2D eigenvalue weighted by molar-refractivity contribution is -0.149. The largest absolute Gasteiger partial charge is 0.480 e. The predicted molar refractivity (Wildman–Crippen MR) is 124 cm³/mol. The van der Waals surface area contributed by atoms with Crippen LogP contribution < -0.4 is 5.32 Å². The molecule has 4 rings (SSSR count). The molecule has 1 saturated heterocycles. The van der Waals surface area contributed by atoms with Gasteiger partial charge >= 0.3 is 12.1 Å². The second-order valence-electron chi connectivity index (χ2n) is 9.96. The molecule has 2 N–H and O–H groups in total. The lowest BCUT2D eigenvalue weighted by atomic mass is 9.88. The van der Waals surface area contributed by atoms with Gasteiger partial charge in [0.2, 0.25) is 5.91 Å². The molecule has 0 saturated carbocycles. The van der Waals surface area contributed by atoms with Gasteiger partial charge < -0.3 is 20.1 Å². The molecule has 2 aliphatic rings. The zero-order valence-electron chi connectivity index (χ0n) is 19.6. The molecule has 1 atom stereocenters. The first kappa shape index (κ1) is 24.6. The van der Waals surface area contributed by atoms with Gasteiger partial charge in [-0.2, -0.15) is 0 Å². The van der Waals surface area contributed by atoms with E-state index in [1.165, 1.54) is 0 Å². The Kier molecular flexibility index (Phi) is 6.53. The summed E-state index contributed by atoms with van der Waals surface area (Å²) in [5.41, 5.74) is 3.60. The maximum Gasteiger partial charge on any atom is 0.407 e. The van der Waals surface area contributed by atoms with E-state index < -0.39 is 48.3 Å². The summed E-state index contributed by atoms with van der Waals surface area (Å²) in [5, 5.41) is 11.9. The maximum atomic E-state index is 13.7. The van der Waals surface area contributed by atoms with E-state index in [9.17, 15) is 28.3 Å². The Morgan fingerprint density at radius 3 is 2.23 bits per heavy atom. The van der Waals surface area contributed by atoms with E-state index in [1.54, 1.807) is 13.8 Å². The number of carbonyl (C=O) groups excluding carboxylic acids is 2. The summed E-state index contributed by atoms with van der Waals surface area (Å²) in [6.45, 7) is 2.66. The van der Waals surface area contributed by atoms with Crippen LogP contribution in [0.15, 0.2) is 48.5 Å². The summed E-state index contributed by atoms with van der Waals surface area (Å²) in [4.78, 5) is 37.1. The summed E-state index contributed by atoms with van der Waals surface area (Å²) < 4.78 is 32.9. The zero-order chi connectivity index (χ0) is 25.4. The van der Waals surface area contributed by atoms with Gasteiger partial charge in [0.25, 0.3) is 5.92 Å². The van der Waals surface area contributed by atoms with E-state index in [1.807, 2.05) is 48.5 Å². The summed E-state index contributed by atoms with van der Waals surface area (Å²) in [7, 11) is 0. The molecule has 35 heavy (non-hydrogen) atoms. The molecular weight excluding hydrogens is 458 g/mol. The van der Waals surface area contributed by atoms with Crippen molar-refractivity contribution < 1.29 is 33.0 Å². The van der Waals surface area contributed by atoms with Crippen molar-refractivity contribution in [1.29, 1.82) is 0 Å². The average molecular weight is 487 g/mol. The molecule has 9 heteroatoms. The number of alkyl halides is 2. The fourth-order valence-corrected chi connectivity index (χ4v) is 4.83. The number of aliphatic carboxylic acids is 1. The Morgan fingerprint density at radius 1 is 1.09 bits per heavy atom. The van der Waals surface area contributed by atoms with Gasteiger partial charge in [0, 0.05) is 25.3 Å². The van der Waals surface area contributed by atoms with Crippen molar-refractivity contribution in [2.75, 3.05) is 19.7 Å². The van der Waals surface area contributed by atoms with Crippen molar-refractivity contribution >= 4 is 18.0 Å². The van der Waals surface area contributed by atoms with Crippen LogP contribution in [0.5, 0.6) is 0 Å². The first-order valence-corrected chi connectivity index (χ1v) is 11.5. The number of nitrogens with one attached hydrogen (secondary N) is 1. The molecule has 1 heterocycles. The smallest absolute Gasteiger partial charge is 0.407 e. The van der Waals surface area contributed by atoms with Crippen LogP contribution in [0.1, 0.15) is 43.7 Å². The fourth-order valence-electron chi connectivity index (χ4n) is 4.83. The highest BCUT2D eigenvalue weighted by molar-refractivity contribution is 5.85. The van der Waals surface area contributed by atoms with Gasteiger partial charge in [-0.15, -0.1) is 0 Å². The topological polar surface area (TPSA) is 95.9 Å². The van der Waals surface area contributed by atoms with Crippen LogP contribution in [-0.4, -0.2) is 59.6 Å². The third kappa shape index (κ3) is 5.28. The molecule has 0 aromatic heterocycles. The van der Waals surface area contributed by atoms with Crippen LogP contribution in [0.4, 0.5) is 13.6 Å². The van der Waals surface area contributed by atoms with Crippen LogP contribution >= 0.6 is 0 Å². The summed E-state index contributed by atoms with van der Waals surface area (Å²) in [5.74, 6) is -5.46. The number of hydrogen-bond acceptors (Lipinski definition) is 4. The number of halogens is 2. The molecule has 1 fully saturated rings. The number of carboxylic acid groups (broad SMARTS) is 1. The fraction of sp³-hybridized carbons (Fsp3) is 0.423. The van der Waals surface area contributed by atoms with Crippen LogP contribution in [0.2, 0.25) is 0 Å². The van der Waals surface area contributed by atoms with E-state index in [0.717, 1.165) is 27.2 Å². The minimum Gasteiger partial charge on any atom is -0.480 e. The molecule has 0 bridgehead atoms. The molecule has 1 aliphatic heterocycles. The number of fused-ring (bicyclic) bond motifs is 3. The predicted octanol–water partition coefficient (Wildman–Crippen LogP) is 4.26. The second-order valence-corrected chi connectivity index (χ2v) is 9.96. The zero-order valence-corrected chi connectivity index (χ0v) is 19.6. The van der Waals surface area contributed by atoms with Gasteiger partial charge in [0.15, 0.2) is 0 Å². The molecule has 0 radical (unpaired) electrons. The lowest BCUT2D eigenvalue weighted by Crippen LogP contribution is -2.44. The van der Waals surface area contributed by atoms with Gasteiger partial charge in [-0.25, -0.2) is 18.4 Å². The van der Waals surface area contributed by atoms with E-state index in [0.29, 0.717) is 0 Å². The van der Waals surface area contributed by atoms with Crippen molar-refractivity contribution in [1.82, 2.24) is 10.2 Å². The summed E-state index contributed by atoms with van der Waals surface area (Å²) >= 11 is 0. The highest BCUT2D eigenvalue weighted by Gasteiger charge is 2.50. The Morgan fingerprint density at radius 2 is 1.66 bits per heavy atom. The van der Waals surface area contributed by atoms with Crippen molar-refractivity contribution in [3.05, 3.63) is 59.7 Å². The molecule has 1 unspecified atom stereocenters. The number of carbonyl (C=O) groups is 3. The number of amides is 2. The van der Waals surface area contributed by atoms with Gasteiger partial charge in [-0.1, -0.05) is 62.4 Å². The van der Waals surface area contributed by atoms with Crippen molar-refractivity contribution in [3.63, 3.8) is 0 Å². The van der Waals surface area contributed by atoms with E-state index >= 15 is 0 Å². The lowest BCUT2D eigenvalue weighted by Gasteiger charge is -2.28. The van der Waals surface area contributed by atoms with Gasteiger partial charge in [-0.05, 0) is 27.7 Å². The summed E-state index contributed by atoms with van der Waals surface area (Å²) in [6, 6.07) is 14.4. The van der Waals surface area contributed by atoms with Gasteiger partial charge in [-0.3, -0.25) is 4.79 Å². The number of carboxylic acids is 1. The molecule has 2 aromatic carbocycles. The maximum absolute atomic E-state index is 13.7. The minimum absolute atomic E-state index is 0.0530. The van der Waals surface area contributed by atoms with Crippen LogP contribution in [0, 0.1) is 5.41 Å². The van der Waals surface area contributed by atoms with Crippen molar-refractivity contribution in [2.45, 2.75) is 44.6 Å². The van der Waals surface area contributed by atoms with Crippen LogP contribution in [0.25, 0.3) is 11.1 Å². The molecule has 2 amide bonds. The van der Waals surface area contributed by atoms with Crippen LogP contribution in [-0.2, 0) is 14.3 Å².